The van der Waals surface area contributed by atoms with Gasteiger partial charge < -0.3 is 15.4 Å². The number of amides is 1. The minimum absolute atomic E-state index is 0.0396. The molecule has 4 heteroatoms. The lowest BCUT2D eigenvalue weighted by Crippen LogP contribution is -2.41. The van der Waals surface area contributed by atoms with E-state index in [1.807, 2.05) is 32.0 Å². The van der Waals surface area contributed by atoms with Gasteiger partial charge in [0.25, 0.3) is 0 Å². The van der Waals surface area contributed by atoms with Crippen LogP contribution in [0.3, 0.4) is 0 Å². The van der Waals surface area contributed by atoms with Crippen molar-refractivity contribution in [1.82, 2.24) is 5.32 Å². The number of hydrogen-bond acceptors (Lipinski definition) is 3. The molecule has 0 fully saturated rings. The van der Waals surface area contributed by atoms with E-state index in [4.69, 9.17) is 4.74 Å². The van der Waals surface area contributed by atoms with Gasteiger partial charge in [0.05, 0.1) is 6.10 Å². The summed E-state index contributed by atoms with van der Waals surface area (Å²) < 4.78 is 5.38. The highest BCUT2D eigenvalue weighted by atomic mass is 16.5. The average Bonchev–Trinajstić information content (AvgIpc) is 2.80. The summed E-state index contributed by atoms with van der Waals surface area (Å²) in [5, 5.41) is 6.15. The van der Waals surface area contributed by atoms with Crippen LogP contribution >= 0.6 is 0 Å². The number of ether oxygens (including phenoxy) is 1. The number of hydrogen-bond donors (Lipinski definition) is 2. The first-order chi connectivity index (χ1) is 8.70. The van der Waals surface area contributed by atoms with Crippen molar-refractivity contribution < 1.29 is 9.53 Å². The van der Waals surface area contributed by atoms with Gasteiger partial charge in [-0.1, -0.05) is 18.2 Å². The molecule has 98 valence electrons. The fraction of sp³-hybridized carbons (Fsp3) is 0.500. The van der Waals surface area contributed by atoms with Crippen molar-refractivity contribution in [2.45, 2.75) is 32.4 Å². The van der Waals surface area contributed by atoms with Gasteiger partial charge in [-0.25, -0.2) is 0 Å². The zero-order valence-electron chi connectivity index (χ0n) is 10.9. The number of anilines is 1. The summed E-state index contributed by atoms with van der Waals surface area (Å²) in [7, 11) is 0. The molecule has 4 nitrogen and oxygen atoms in total. The van der Waals surface area contributed by atoms with Gasteiger partial charge in [-0.15, -0.1) is 0 Å². The Morgan fingerprint density at radius 3 is 3.06 bits per heavy atom. The first-order valence-corrected chi connectivity index (χ1v) is 6.44. The largest absolute Gasteiger partial charge is 0.377 e. The molecule has 18 heavy (non-hydrogen) atoms. The van der Waals surface area contributed by atoms with Crippen molar-refractivity contribution in [1.29, 1.82) is 0 Å². The molecule has 1 aromatic carbocycles. The van der Waals surface area contributed by atoms with Crippen LogP contribution in [0.4, 0.5) is 5.69 Å². The average molecular weight is 248 g/mol. The quantitative estimate of drug-likeness (QED) is 0.831. The van der Waals surface area contributed by atoms with Crippen molar-refractivity contribution >= 4 is 11.6 Å². The van der Waals surface area contributed by atoms with Crippen molar-refractivity contribution in [2.75, 3.05) is 18.5 Å². The number of carbonyl (C=O) groups excluding carboxylic acids is 1. The molecule has 0 spiro atoms. The third kappa shape index (κ3) is 3.01. The lowest BCUT2D eigenvalue weighted by molar-refractivity contribution is -0.122. The Bertz CT molecular complexity index is 395. The number of benzene rings is 1. The minimum atomic E-state index is -0.156. The van der Waals surface area contributed by atoms with Crippen molar-refractivity contribution in [2.24, 2.45) is 0 Å². The second-order valence-corrected chi connectivity index (χ2v) is 4.57. The molecule has 1 aliphatic rings. The molecule has 1 amide bonds. The molecule has 0 bridgehead atoms. The number of nitrogens with one attached hydrogen (secondary N) is 2. The maximum absolute atomic E-state index is 12.0. The number of carbonyl (C=O) groups is 1. The third-order valence-electron chi connectivity index (χ3n) is 3.10. The molecule has 1 unspecified atom stereocenters. The first-order valence-electron chi connectivity index (χ1n) is 6.44. The summed E-state index contributed by atoms with van der Waals surface area (Å²) in [6.45, 7) is 5.14. The number of para-hydroxylation sites is 1. The van der Waals surface area contributed by atoms with E-state index in [0.29, 0.717) is 13.2 Å². The molecule has 2 atom stereocenters. The molecule has 1 heterocycles. The fourth-order valence-electron chi connectivity index (χ4n) is 2.17. The monoisotopic (exact) mass is 248 g/mol. The van der Waals surface area contributed by atoms with Gasteiger partial charge in [0.1, 0.15) is 6.04 Å². The maximum Gasteiger partial charge on any atom is 0.242 e. The highest BCUT2D eigenvalue weighted by molar-refractivity contribution is 5.87. The molecular weight excluding hydrogens is 228 g/mol. The molecule has 0 aliphatic carbocycles. The molecule has 0 aromatic heterocycles. The predicted molar refractivity (Wildman–Crippen MR) is 71.7 cm³/mol. The van der Waals surface area contributed by atoms with Gasteiger partial charge in [0, 0.05) is 25.3 Å². The van der Waals surface area contributed by atoms with Gasteiger partial charge in [-0.3, -0.25) is 4.79 Å². The molecule has 1 aromatic rings. The van der Waals surface area contributed by atoms with Crippen LogP contribution in [0.15, 0.2) is 24.3 Å². The Morgan fingerprint density at radius 1 is 1.56 bits per heavy atom. The SMILES string of the molecule is CCOC(C)CNC(=O)[C@@H]1Cc2ccccc2N1. The van der Waals surface area contributed by atoms with Crippen LogP contribution in [0.25, 0.3) is 0 Å². The van der Waals surface area contributed by atoms with Gasteiger partial charge in [-0.2, -0.15) is 0 Å². The summed E-state index contributed by atoms with van der Waals surface area (Å²) in [4.78, 5) is 12.0. The zero-order chi connectivity index (χ0) is 13.0. The first kappa shape index (κ1) is 12.9. The van der Waals surface area contributed by atoms with E-state index in [1.165, 1.54) is 5.56 Å². The smallest absolute Gasteiger partial charge is 0.242 e. The summed E-state index contributed by atoms with van der Waals surface area (Å²) in [6, 6.07) is 7.88. The van der Waals surface area contributed by atoms with Crippen molar-refractivity contribution in [3.8, 4) is 0 Å². The minimum Gasteiger partial charge on any atom is -0.377 e. The van der Waals surface area contributed by atoms with Crippen molar-refractivity contribution in [3.05, 3.63) is 29.8 Å². The standard InChI is InChI=1S/C14H20N2O2/c1-3-18-10(2)9-15-14(17)13-8-11-6-4-5-7-12(11)16-13/h4-7,10,13,16H,3,8-9H2,1-2H3,(H,15,17)/t10?,13-/m0/s1. The highest BCUT2D eigenvalue weighted by Crippen LogP contribution is 2.24. The van der Waals surface area contributed by atoms with Crippen LogP contribution in [0.1, 0.15) is 19.4 Å². The molecule has 0 radical (unpaired) electrons. The summed E-state index contributed by atoms with van der Waals surface area (Å²) in [5.74, 6) is 0.0396. The lowest BCUT2D eigenvalue weighted by Gasteiger charge is -2.15. The Morgan fingerprint density at radius 2 is 2.33 bits per heavy atom. The normalized spacial score (nSPS) is 18.9. The number of fused-ring (bicyclic) bond motifs is 1. The zero-order valence-corrected chi connectivity index (χ0v) is 10.9. The van der Waals surface area contributed by atoms with E-state index in [-0.39, 0.29) is 18.1 Å². The number of rotatable bonds is 5. The Hall–Kier alpha value is -1.55. The molecule has 2 rings (SSSR count). The van der Waals surface area contributed by atoms with Crippen LogP contribution in [0.2, 0.25) is 0 Å². The Kier molecular flexibility index (Phi) is 4.20. The second kappa shape index (κ2) is 5.87. The summed E-state index contributed by atoms with van der Waals surface area (Å²) in [5.41, 5.74) is 2.27. The maximum atomic E-state index is 12.0. The Labute approximate surface area is 108 Å². The van der Waals surface area contributed by atoms with E-state index < -0.39 is 0 Å². The van der Waals surface area contributed by atoms with Gasteiger partial charge in [0.2, 0.25) is 5.91 Å². The molecule has 1 aliphatic heterocycles. The lowest BCUT2D eigenvalue weighted by atomic mass is 10.1. The van der Waals surface area contributed by atoms with E-state index in [9.17, 15) is 4.79 Å². The highest BCUT2D eigenvalue weighted by Gasteiger charge is 2.26. The summed E-state index contributed by atoms with van der Waals surface area (Å²) in [6.07, 6.45) is 0.813. The Balaban J connectivity index is 1.82. The molecule has 0 saturated heterocycles. The third-order valence-corrected chi connectivity index (χ3v) is 3.10. The fourth-order valence-corrected chi connectivity index (χ4v) is 2.17. The van der Waals surface area contributed by atoms with Crippen LogP contribution in [-0.2, 0) is 16.0 Å². The van der Waals surface area contributed by atoms with Crippen LogP contribution < -0.4 is 10.6 Å². The topological polar surface area (TPSA) is 50.4 Å². The molecular formula is C14H20N2O2. The van der Waals surface area contributed by atoms with E-state index in [1.54, 1.807) is 0 Å². The molecule has 2 N–H and O–H groups in total. The van der Waals surface area contributed by atoms with Crippen LogP contribution in [0, 0.1) is 0 Å². The molecule has 0 saturated carbocycles. The van der Waals surface area contributed by atoms with E-state index >= 15 is 0 Å². The van der Waals surface area contributed by atoms with Gasteiger partial charge in [0.15, 0.2) is 0 Å². The van der Waals surface area contributed by atoms with Crippen LogP contribution in [-0.4, -0.2) is 31.2 Å². The van der Waals surface area contributed by atoms with Crippen molar-refractivity contribution in [3.63, 3.8) is 0 Å². The van der Waals surface area contributed by atoms with Gasteiger partial charge in [-0.05, 0) is 25.5 Å². The predicted octanol–water partition coefficient (Wildman–Crippen LogP) is 1.56. The van der Waals surface area contributed by atoms with E-state index in [0.717, 1.165) is 12.1 Å². The summed E-state index contributed by atoms with van der Waals surface area (Å²) >= 11 is 0. The van der Waals surface area contributed by atoms with E-state index in [2.05, 4.69) is 16.7 Å². The van der Waals surface area contributed by atoms with Crippen LogP contribution in [0.5, 0.6) is 0 Å². The second-order valence-electron chi connectivity index (χ2n) is 4.57. The van der Waals surface area contributed by atoms with Gasteiger partial charge >= 0.3 is 0 Å².